The Morgan fingerprint density at radius 3 is 2.50 bits per heavy atom. The van der Waals surface area contributed by atoms with Crippen LogP contribution in [-0.4, -0.2) is 26.4 Å². The van der Waals surface area contributed by atoms with E-state index >= 15 is 0 Å². The zero-order valence-electron chi connectivity index (χ0n) is 12.4. The van der Waals surface area contributed by atoms with Gasteiger partial charge in [-0.2, -0.15) is 0 Å². The Morgan fingerprint density at radius 1 is 1.00 bits per heavy atom. The van der Waals surface area contributed by atoms with Crippen molar-refractivity contribution < 1.29 is 10.2 Å². The summed E-state index contributed by atoms with van der Waals surface area (Å²) in [5.74, 6) is 0.908. The smallest absolute Gasteiger partial charge is 0.110 e. The van der Waals surface area contributed by atoms with E-state index in [0.29, 0.717) is 19.4 Å². The molecular weight excluding hydrogens is 276 g/mol. The Kier molecular flexibility index (Phi) is 4.51. The number of hydrogen-bond acceptors (Lipinski definition) is 3. The third-order valence-corrected chi connectivity index (χ3v) is 3.83. The van der Waals surface area contributed by atoms with Crippen molar-refractivity contribution in [3.05, 3.63) is 66.0 Å². The van der Waals surface area contributed by atoms with Crippen molar-refractivity contribution in [1.82, 2.24) is 9.55 Å². The van der Waals surface area contributed by atoms with E-state index < -0.39 is 6.10 Å². The molecular formula is C18H20N2O2. The van der Waals surface area contributed by atoms with Crippen LogP contribution in [0.4, 0.5) is 0 Å². The summed E-state index contributed by atoms with van der Waals surface area (Å²) >= 11 is 0. The molecule has 0 radical (unpaired) electrons. The first-order valence-corrected chi connectivity index (χ1v) is 7.57. The zero-order chi connectivity index (χ0) is 15.4. The molecule has 1 atom stereocenters. The fourth-order valence-electron chi connectivity index (χ4n) is 2.71. The van der Waals surface area contributed by atoms with E-state index in [1.165, 1.54) is 0 Å². The Labute approximate surface area is 129 Å². The molecule has 0 saturated heterocycles. The fourth-order valence-corrected chi connectivity index (χ4v) is 2.71. The maximum atomic E-state index is 10.5. The minimum atomic E-state index is -0.577. The van der Waals surface area contributed by atoms with Gasteiger partial charge in [0, 0.05) is 13.0 Å². The molecule has 3 aromatic rings. The van der Waals surface area contributed by atoms with E-state index in [1.54, 1.807) is 0 Å². The number of para-hydroxylation sites is 2. The molecule has 4 heteroatoms. The third kappa shape index (κ3) is 3.03. The molecule has 114 valence electrons. The topological polar surface area (TPSA) is 58.3 Å². The lowest BCUT2D eigenvalue weighted by molar-refractivity contribution is 0.156. The summed E-state index contributed by atoms with van der Waals surface area (Å²) in [5, 5.41) is 19.6. The highest BCUT2D eigenvalue weighted by Crippen LogP contribution is 2.22. The molecule has 2 N–H and O–H groups in total. The standard InChI is InChI=1S/C18H20N2O2/c21-12-6-11-18-19-15-9-4-5-10-16(15)20(18)13-17(22)14-7-2-1-3-8-14/h1-5,7-10,17,21-22H,6,11-13H2. The first-order valence-electron chi connectivity index (χ1n) is 7.57. The van der Waals surface area contributed by atoms with Gasteiger partial charge in [-0.15, -0.1) is 0 Å². The molecule has 0 saturated carbocycles. The van der Waals surface area contributed by atoms with Crippen LogP contribution in [-0.2, 0) is 13.0 Å². The van der Waals surface area contributed by atoms with Gasteiger partial charge in [0.2, 0.25) is 0 Å². The predicted molar refractivity (Wildman–Crippen MR) is 86.5 cm³/mol. The minimum Gasteiger partial charge on any atom is -0.396 e. The largest absolute Gasteiger partial charge is 0.396 e. The number of aryl methyl sites for hydroxylation is 1. The Hall–Kier alpha value is -2.17. The molecule has 22 heavy (non-hydrogen) atoms. The highest BCUT2D eigenvalue weighted by molar-refractivity contribution is 5.75. The van der Waals surface area contributed by atoms with Crippen LogP contribution in [0.3, 0.4) is 0 Å². The average Bonchev–Trinajstić information content (AvgIpc) is 2.91. The molecule has 0 aliphatic carbocycles. The molecule has 0 amide bonds. The van der Waals surface area contributed by atoms with Gasteiger partial charge in [-0.05, 0) is 24.1 Å². The van der Waals surface area contributed by atoms with E-state index in [0.717, 1.165) is 22.4 Å². The van der Waals surface area contributed by atoms with Gasteiger partial charge in [-0.3, -0.25) is 0 Å². The number of imidazole rings is 1. The van der Waals surface area contributed by atoms with Crippen LogP contribution in [0, 0.1) is 0 Å². The predicted octanol–water partition coefficient (Wildman–Crippen LogP) is 2.69. The number of benzene rings is 2. The van der Waals surface area contributed by atoms with Gasteiger partial charge in [-0.25, -0.2) is 4.98 Å². The van der Waals surface area contributed by atoms with Crippen LogP contribution in [0.5, 0.6) is 0 Å². The summed E-state index contributed by atoms with van der Waals surface area (Å²) in [7, 11) is 0. The van der Waals surface area contributed by atoms with Crippen molar-refractivity contribution in [3.63, 3.8) is 0 Å². The number of hydrogen-bond donors (Lipinski definition) is 2. The number of fused-ring (bicyclic) bond motifs is 1. The first kappa shape index (κ1) is 14.8. The lowest BCUT2D eigenvalue weighted by Crippen LogP contribution is -2.12. The normalized spacial score (nSPS) is 12.6. The number of aromatic nitrogens is 2. The minimum absolute atomic E-state index is 0.143. The monoisotopic (exact) mass is 296 g/mol. The molecule has 1 unspecified atom stereocenters. The van der Waals surface area contributed by atoms with E-state index in [-0.39, 0.29) is 6.61 Å². The lowest BCUT2D eigenvalue weighted by Gasteiger charge is -2.15. The van der Waals surface area contributed by atoms with Crippen molar-refractivity contribution in [2.45, 2.75) is 25.5 Å². The maximum absolute atomic E-state index is 10.5. The molecule has 0 aliphatic heterocycles. The van der Waals surface area contributed by atoms with Crippen LogP contribution < -0.4 is 0 Å². The number of aliphatic hydroxyl groups excluding tert-OH is 2. The molecule has 4 nitrogen and oxygen atoms in total. The summed E-state index contributed by atoms with van der Waals surface area (Å²) in [5.41, 5.74) is 2.84. The molecule has 0 aliphatic rings. The number of aliphatic hydroxyl groups is 2. The van der Waals surface area contributed by atoms with Crippen molar-refractivity contribution in [2.24, 2.45) is 0 Å². The second kappa shape index (κ2) is 6.73. The summed E-state index contributed by atoms with van der Waals surface area (Å²) in [6, 6.07) is 17.6. The Morgan fingerprint density at radius 2 is 1.73 bits per heavy atom. The van der Waals surface area contributed by atoms with Gasteiger partial charge < -0.3 is 14.8 Å². The second-order valence-electron chi connectivity index (χ2n) is 5.38. The molecule has 1 heterocycles. The second-order valence-corrected chi connectivity index (χ2v) is 5.38. The summed E-state index contributed by atoms with van der Waals surface area (Å²) < 4.78 is 2.06. The molecule has 0 fully saturated rings. The summed E-state index contributed by atoms with van der Waals surface area (Å²) in [6.45, 7) is 0.607. The molecule has 0 spiro atoms. The van der Waals surface area contributed by atoms with Crippen LogP contribution in [0.25, 0.3) is 11.0 Å². The van der Waals surface area contributed by atoms with Crippen molar-refractivity contribution >= 4 is 11.0 Å². The third-order valence-electron chi connectivity index (χ3n) is 3.83. The van der Waals surface area contributed by atoms with Crippen molar-refractivity contribution in [1.29, 1.82) is 0 Å². The van der Waals surface area contributed by atoms with E-state index in [2.05, 4.69) is 9.55 Å². The fraction of sp³-hybridized carbons (Fsp3) is 0.278. The molecule has 3 rings (SSSR count). The quantitative estimate of drug-likeness (QED) is 0.735. The van der Waals surface area contributed by atoms with Crippen LogP contribution in [0.1, 0.15) is 23.9 Å². The SMILES string of the molecule is OCCCc1nc2ccccc2n1CC(O)c1ccccc1. The molecule has 1 aromatic heterocycles. The Bertz CT molecular complexity index is 737. The van der Waals surface area contributed by atoms with Gasteiger partial charge in [-0.1, -0.05) is 42.5 Å². The van der Waals surface area contributed by atoms with Crippen LogP contribution in [0.15, 0.2) is 54.6 Å². The maximum Gasteiger partial charge on any atom is 0.110 e. The van der Waals surface area contributed by atoms with Crippen molar-refractivity contribution in [3.8, 4) is 0 Å². The number of nitrogens with zero attached hydrogens (tertiary/aromatic N) is 2. The van der Waals surface area contributed by atoms with Gasteiger partial charge in [0.15, 0.2) is 0 Å². The molecule has 0 bridgehead atoms. The van der Waals surface area contributed by atoms with Gasteiger partial charge in [0.25, 0.3) is 0 Å². The van der Waals surface area contributed by atoms with Gasteiger partial charge >= 0.3 is 0 Å². The number of rotatable bonds is 6. The van der Waals surface area contributed by atoms with Gasteiger partial charge in [0.1, 0.15) is 5.82 Å². The molecule has 2 aromatic carbocycles. The Balaban J connectivity index is 1.94. The highest BCUT2D eigenvalue weighted by Gasteiger charge is 2.14. The van der Waals surface area contributed by atoms with E-state index in [9.17, 15) is 5.11 Å². The first-order chi connectivity index (χ1) is 10.8. The average molecular weight is 296 g/mol. The lowest BCUT2D eigenvalue weighted by atomic mass is 10.1. The van der Waals surface area contributed by atoms with E-state index in [1.807, 2.05) is 54.6 Å². The van der Waals surface area contributed by atoms with Crippen LogP contribution >= 0.6 is 0 Å². The summed E-state index contributed by atoms with van der Waals surface area (Å²) in [6.07, 6.45) is 0.795. The highest BCUT2D eigenvalue weighted by atomic mass is 16.3. The van der Waals surface area contributed by atoms with E-state index in [4.69, 9.17) is 5.11 Å². The zero-order valence-corrected chi connectivity index (χ0v) is 12.4. The van der Waals surface area contributed by atoms with Gasteiger partial charge in [0.05, 0.1) is 23.7 Å². The summed E-state index contributed by atoms with van der Waals surface area (Å²) in [4.78, 5) is 4.64. The van der Waals surface area contributed by atoms with Crippen LogP contribution in [0.2, 0.25) is 0 Å². The van der Waals surface area contributed by atoms with Crippen molar-refractivity contribution in [2.75, 3.05) is 6.61 Å².